The van der Waals surface area contributed by atoms with Crippen LogP contribution in [0.2, 0.25) is 0 Å². The number of hydrogen-bond acceptors (Lipinski definition) is 5. The van der Waals surface area contributed by atoms with Crippen LogP contribution in [0.15, 0.2) is 58.3 Å². The Balaban J connectivity index is 1.78. The molecule has 7 nitrogen and oxygen atoms in total. The minimum absolute atomic E-state index is 0.0335. The summed E-state index contributed by atoms with van der Waals surface area (Å²) in [4.78, 5) is 12.8. The fraction of sp³-hybridized carbons (Fsp3) is 0.350. The van der Waals surface area contributed by atoms with Gasteiger partial charge in [-0.05, 0) is 49.2 Å². The highest BCUT2D eigenvalue weighted by atomic mass is 32.2. The molecule has 3 rings (SSSR count). The molecule has 2 aromatic rings. The number of rotatable bonds is 6. The van der Waals surface area contributed by atoms with Gasteiger partial charge < -0.3 is 5.32 Å². The lowest BCUT2D eigenvalue weighted by Crippen LogP contribution is -2.43. The van der Waals surface area contributed by atoms with Crippen molar-refractivity contribution in [3.8, 4) is 0 Å². The summed E-state index contributed by atoms with van der Waals surface area (Å²) >= 11 is 0. The van der Waals surface area contributed by atoms with Crippen molar-refractivity contribution < 1.29 is 26.0 Å². The molecule has 10 heteroatoms. The summed E-state index contributed by atoms with van der Waals surface area (Å²) in [7, 11) is -7.39. The second-order valence-electron chi connectivity index (χ2n) is 7.04. The summed E-state index contributed by atoms with van der Waals surface area (Å²) < 4.78 is 64.6. The predicted octanol–water partition coefficient (Wildman–Crippen LogP) is 2.66. The average molecular weight is 455 g/mol. The summed E-state index contributed by atoms with van der Waals surface area (Å²) in [5.74, 6) is -1.71. The predicted molar refractivity (Wildman–Crippen MR) is 111 cm³/mol. The molecule has 1 N–H and O–H groups in total. The van der Waals surface area contributed by atoms with Gasteiger partial charge in [0.1, 0.15) is 5.82 Å². The SMILES string of the molecule is CCS(=O)(=O)c1ccccc1NC(=O)C1CCCN(S(=O)(=O)c2ccc(F)cc2)C1. The van der Waals surface area contributed by atoms with Crippen LogP contribution >= 0.6 is 0 Å². The highest BCUT2D eigenvalue weighted by Gasteiger charge is 2.33. The molecule has 0 saturated carbocycles. The van der Waals surface area contributed by atoms with E-state index in [-0.39, 0.29) is 34.3 Å². The summed E-state index contributed by atoms with van der Waals surface area (Å²) in [5, 5.41) is 2.65. The maximum absolute atomic E-state index is 13.1. The van der Waals surface area contributed by atoms with Crippen molar-refractivity contribution in [1.29, 1.82) is 0 Å². The van der Waals surface area contributed by atoms with Crippen LogP contribution in [0.25, 0.3) is 0 Å². The van der Waals surface area contributed by atoms with Crippen LogP contribution in [-0.4, -0.2) is 45.9 Å². The van der Waals surface area contributed by atoms with E-state index in [1.165, 1.54) is 35.5 Å². The Bertz CT molecular complexity index is 1130. The monoisotopic (exact) mass is 454 g/mol. The van der Waals surface area contributed by atoms with Crippen molar-refractivity contribution >= 4 is 31.5 Å². The number of carbonyl (C=O) groups is 1. The first-order chi connectivity index (χ1) is 14.1. The molecule has 1 saturated heterocycles. The number of hydrogen-bond donors (Lipinski definition) is 1. The standard InChI is InChI=1S/C20H23FN2O5S2/c1-2-29(25,26)19-8-4-3-7-18(19)22-20(24)15-6-5-13-23(14-15)30(27,28)17-11-9-16(21)10-12-17/h3-4,7-12,15H,2,5-6,13-14H2,1H3,(H,22,24). The normalized spacial score (nSPS) is 18.1. The van der Waals surface area contributed by atoms with E-state index in [9.17, 15) is 26.0 Å². The number of carbonyl (C=O) groups excluding carboxylic acids is 1. The zero-order valence-corrected chi connectivity index (χ0v) is 18.0. The molecular formula is C20H23FN2O5S2. The molecule has 0 aromatic heterocycles. The summed E-state index contributed by atoms with van der Waals surface area (Å²) in [6, 6.07) is 10.7. The van der Waals surface area contributed by atoms with Crippen LogP contribution in [0.3, 0.4) is 0 Å². The summed E-state index contributed by atoms with van der Waals surface area (Å²) in [6.45, 7) is 1.74. The number of nitrogens with zero attached hydrogens (tertiary/aromatic N) is 1. The number of halogens is 1. The largest absolute Gasteiger partial charge is 0.325 e. The number of sulfone groups is 1. The number of para-hydroxylation sites is 1. The first-order valence-corrected chi connectivity index (χ1v) is 12.6. The van der Waals surface area contributed by atoms with E-state index in [2.05, 4.69) is 5.32 Å². The van der Waals surface area contributed by atoms with E-state index >= 15 is 0 Å². The van der Waals surface area contributed by atoms with Gasteiger partial charge >= 0.3 is 0 Å². The molecule has 0 spiro atoms. The first kappa shape index (κ1) is 22.4. The third kappa shape index (κ3) is 4.71. The lowest BCUT2D eigenvalue weighted by Gasteiger charge is -2.31. The maximum Gasteiger partial charge on any atom is 0.243 e. The lowest BCUT2D eigenvalue weighted by atomic mass is 9.99. The third-order valence-electron chi connectivity index (χ3n) is 5.07. The van der Waals surface area contributed by atoms with Crippen molar-refractivity contribution in [2.75, 3.05) is 24.2 Å². The van der Waals surface area contributed by atoms with Gasteiger partial charge in [-0.15, -0.1) is 0 Å². The van der Waals surface area contributed by atoms with Gasteiger partial charge in [-0.25, -0.2) is 21.2 Å². The van der Waals surface area contributed by atoms with E-state index < -0.39 is 37.5 Å². The highest BCUT2D eigenvalue weighted by Crippen LogP contribution is 2.27. The van der Waals surface area contributed by atoms with Crippen molar-refractivity contribution in [2.45, 2.75) is 29.6 Å². The van der Waals surface area contributed by atoms with Crippen LogP contribution in [0.4, 0.5) is 10.1 Å². The third-order valence-corrected chi connectivity index (χ3v) is 8.73. The molecule has 2 aromatic carbocycles. The van der Waals surface area contributed by atoms with E-state index in [1.54, 1.807) is 12.1 Å². The van der Waals surface area contributed by atoms with Gasteiger partial charge in [-0.2, -0.15) is 4.31 Å². The van der Waals surface area contributed by atoms with Crippen LogP contribution in [-0.2, 0) is 24.7 Å². The van der Waals surface area contributed by atoms with Crippen LogP contribution in [0.5, 0.6) is 0 Å². The molecule has 1 atom stereocenters. The fourth-order valence-electron chi connectivity index (χ4n) is 3.36. The number of amides is 1. The number of nitrogens with one attached hydrogen (secondary N) is 1. The zero-order valence-electron chi connectivity index (χ0n) is 16.4. The van der Waals surface area contributed by atoms with Crippen molar-refractivity contribution in [1.82, 2.24) is 4.31 Å². The van der Waals surface area contributed by atoms with Crippen LogP contribution in [0.1, 0.15) is 19.8 Å². The van der Waals surface area contributed by atoms with E-state index in [4.69, 9.17) is 0 Å². The van der Waals surface area contributed by atoms with Crippen LogP contribution in [0, 0.1) is 11.7 Å². The Morgan fingerprint density at radius 2 is 1.77 bits per heavy atom. The molecule has 0 aliphatic carbocycles. The minimum Gasteiger partial charge on any atom is -0.325 e. The van der Waals surface area contributed by atoms with Crippen molar-refractivity contribution in [2.24, 2.45) is 5.92 Å². The van der Waals surface area contributed by atoms with Gasteiger partial charge in [-0.3, -0.25) is 4.79 Å². The number of sulfonamides is 1. The quantitative estimate of drug-likeness (QED) is 0.723. The van der Waals surface area contributed by atoms with Crippen molar-refractivity contribution in [3.63, 3.8) is 0 Å². The second-order valence-corrected chi connectivity index (χ2v) is 11.2. The van der Waals surface area contributed by atoms with E-state index in [0.717, 1.165) is 12.1 Å². The molecule has 1 heterocycles. The van der Waals surface area contributed by atoms with Gasteiger partial charge in [0.05, 0.1) is 27.1 Å². The van der Waals surface area contributed by atoms with Crippen LogP contribution < -0.4 is 5.32 Å². The number of benzene rings is 2. The Kier molecular flexibility index (Phi) is 6.59. The molecule has 1 unspecified atom stereocenters. The molecule has 0 bridgehead atoms. The Labute approximate surface area is 175 Å². The number of piperidine rings is 1. The first-order valence-electron chi connectivity index (χ1n) is 9.53. The molecule has 1 fully saturated rings. The van der Waals surface area contributed by atoms with Gasteiger partial charge in [0.15, 0.2) is 9.84 Å². The minimum atomic E-state index is -3.86. The maximum atomic E-state index is 13.1. The Morgan fingerprint density at radius 3 is 2.43 bits per heavy atom. The van der Waals surface area contributed by atoms with E-state index in [0.29, 0.717) is 12.8 Å². The van der Waals surface area contributed by atoms with Gasteiger partial charge in [-0.1, -0.05) is 19.1 Å². The van der Waals surface area contributed by atoms with Crippen molar-refractivity contribution in [3.05, 3.63) is 54.3 Å². The fourth-order valence-corrected chi connectivity index (χ4v) is 5.94. The Morgan fingerprint density at radius 1 is 1.10 bits per heavy atom. The molecule has 30 heavy (non-hydrogen) atoms. The topological polar surface area (TPSA) is 101 Å². The number of anilines is 1. The average Bonchev–Trinajstić information content (AvgIpc) is 2.74. The molecular weight excluding hydrogens is 431 g/mol. The highest BCUT2D eigenvalue weighted by molar-refractivity contribution is 7.91. The molecule has 1 aliphatic heterocycles. The summed E-state index contributed by atoms with van der Waals surface area (Å²) in [5.41, 5.74) is 0.183. The van der Waals surface area contributed by atoms with Gasteiger partial charge in [0.2, 0.25) is 15.9 Å². The molecule has 0 radical (unpaired) electrons. The summed E-state index contributed by atoms with van der Waals surface area (Å²) in [6.07, 6.45) is 0.956. The molecule has 1 aliphatic rings. The molecule has 162 valence electrons. The van der Waals surface area contributed by atoms with Gasteiger partial charge in [0, 0.05) is 13.1 Å². The van der Waals surface area contributed by atoms with Gasteiger partial charge in [0.25, 0.3) is 0 Å². The second kappa shape index (κ2) is 8.83. The smallest absolute Gasteiger partial charge is 0.243 e. The molecule has 1 amide bonds. The zero-order chi connectivity index (χ0) is 21.9. The lowest BCUT2D eigenvalue weighted by molar-refractivity contribution is -0.120. The Hall–Kier alpha value is -2.30. The van der Waals surface area contributed by atoms with E-state index in [1.807, 2.05) is 0 Å².